The summed E-state index contributed by atoms with van der Waals surface area (Å²) in [6.07, 6.45) is 1.97. The third-order valence-electron chi connectivity index (χ3n) is 4.78. The van der Waals surface area contributed by atoms with Crippen LogP contribution in [-0.2, 0) is 11.3 Å². The van der Waals surface area contributed by atoms with Crippen LogP contribution in [0.4, 0.5) is 0 Å². The lowest BCUT2D eigenvalue weighted by Gasteiger charge is -2.24. The maximum Gasteiger partial charge on any atom is 0.275 e. The highest BCUT2D eigenvalue weighted by Crippen LogP contribution is 2.34. The average Bonchev–Trinajstić information content (AvgIpc) is 3.30. The molecule has 4 rings (SSSR count). The summed E-state index contributed by atoms with van der Waals surface area (Å²) < 4.78 is 1.31. The Morgan fingerprint density at radius 1 is 1.24 bits per heavy atom. The van der Waals surface area contributed by atoms with Crippen LogP contribution in [-0.4, -0.2) is 27.1 Å². The Morgan fingerprint density at radius 3 is 2.80 bits per heavy atom. The predicted molar refractivity (Wildman–Crippen MR) is 98.7 cm³/mol. The van der Waals surface area contributed by atoms with Crippen LogP contribution in [0.25, 0.3) is 10.8 Å². The number of carbonyl (C=O) groups excluding carboxylic acids is 1. The normalized spacial score (nSPS) is 17.3. The maximum atomic E-state index is 12.9. The maximum absolute atomic E-state index is 12.9. The van der Waals surface area contributed by atoms with Crippen molar-refractivity contribution < 1.29 is 4.79 Å². The summed E-state index contributed by atoms with van der Waals surface area (Å²) in [6.45, 7) is 2.60. The Balaban J connectivity index is 1.64. The van der Waals surface area contributed by atoms with Crippen molar-refractivity contribution >= 4 is 28.0 Å². The number of rotatable bonds is 3. The molecule has 5 nitrogen and oxygen atoms in total. The molecule has 1 aliphatic rings. The van der Waals surface area contributed by atoms with Gasteiger partial charge in [-0.05, 0) is 37.3 Å². The van der Waals surface area contributed by atoms with E-state index in [-0.39, 0.29) is 24.1 Å². The lowest BCUT2D eigenvalue weighted by atomic mass is 10.1. The van der Waals surface area contributed by atoms with Gasteiger partial charge in [-0.25, -0.2) is 4.68 Å². The van der Waals surface area contributed by atoms with Crippen molar-refractivity contribution in [1.29, 1.82) is 0 Å². The van der Waals surface area contributed by atoms with Crippen LogP contribution in [0.1, 0.15) is 29.5 Å². The van der Waals surface area contributed by atoms with Crippen molar-refractivity contribution in [2.75, 3.05) is 6.54 Å². The number of likely N-dealkylation sites (tertiary alicyclic amines) is 1. The van der Waals surface area contributed by atoms with E-state index in [1.54, 1.807) is 17.4 Å². The van der Waals surface area contributed by atoms with Gasteiger partial charge in [-0.1, -0.05) is 24.3 Å². The quantitative estimate of drug-likeness (QED) is 0.727. The van der Waals surface area contributed by atoms with Gasteiger partial charge in [0.05, 0.1) is 17.1 Å². The molecule has 1 fully saturated rings. The predicted octanol–water partition coefficient (Wildman–Crippen LogP) is 3.13. The van der Waals surface area contributed by atoms with Crippen LogP contribution in [0, 0.1) is 6.92 Å². The molecule has 0 radical (unpaired) electrons. The van der Waals surface area contributed by atoms with Crippen LogP contribution in [0.15, 0.2) is 46.6 Å². The first-order chi connectivity index (χ1) is 12.1. The molecular formula is C19H19N3O2S. The molecule has 0 bridgehead atoms. The molecular weight excluding hydrogens is 334 g/mol. The summed E-state index contributed by atoms with van der Waals surface area (Å²) in [5.41, 5.74) is 0.556. The van der Waals surface area contributed by atoms with Crippen LogP contribution in [0.5, 0.6) is 0 Å². The van der Waals surface area contributed by atoms with E-state index < -0.39 is 0 Å². The van der Waals surface area contributed by atoms with Crippen molar-refractivity contribution in [3.63, 3.8) is 0 Å². The molecule has 2 aromatic heterocycles. The molecule has 0 N–H and O–H groups in total. The van der Waals surface area contributed by atoms with Crippen LogP contribution in [0.2, 0.25) is 0 Å². The fourth-order valence-electron chi connectivity index (χ4n) is 3.57. The number of fused-ring (bicyclic) bond motifs is 1. The summed E-state index contributed by atoms with van der Waals surface area (Å²) >= 11 is 1.68. The Labute approximate surface area is 149 Å². The average molecular weight is 353 g/mol. The van der Waals surface area contributed by atoms with E-state index in [1.165, 1.54) is 9.56 Å². The number of aryl methyl sites for hydroxylation is 1. The van der Waals surface area contributed by atoms with E-state index in [0.717, 1.165) is 30.5 Å². The molecule has 0 unspecified atom stereocenters. The third-order valence-corrected chi connectivity index (χ3v) is 5.76. The van der Waals surface area contributed by atoms with Gasteiger partial charge in [0.1, 0.15) is 6.54 Å². The van der Waals surface area contributed by atoms with Crippen molar-refractivity contribution in [1.82, 2.24) is 14.7 Å². The highest BCUT2D eigenvalue weighted by molar-refractivity contribution is 7.10. The zero-order valence-corrected chi connectivity index (χ0v) is 14.8. The molecule has 3 heterocycles. The Bertz CT molecular complexity index is 978. The second kappa shape index (κ2) is 6.44. The zero-order chi connectivity index (χ0) is 17.4. The van der Waals surface area contributed by atoms with E-state index in [0.29, 0.717) is 5.39 Å². The number of benzene rings is 1. The molecule has 0 spiro atoms. The van der Waals surface area contributed by atoms with E-state index in [2.05, 4.69) is 11.2 Å². The number of aromatic nitrogens is 2. The van der Waals surface area contributed by atoms with Gasteiger partial charge in [-0.15, -0.1) is 11.3 Å². The van der Waals surface area contributed by atoms with Gasteiger partial charge in [0, 0.05) is 16.8 Å². The summed E-state index contributed by atoms with van der Waals surface area (Å²) in [5, 5.41) is 7.85. The third kappa shape index (κ3) is 2.87. The smallest absolute Gasteiger partial charge is 0.275 e. The van der Waals surface area contributed by atoms with Gasteiger partial charge in [-0.3, -0.25) is 9.59 Å². The van der Waals surface area contributed by atoms with Gasteiger partial charge in [0.25, 0.3) is 5.56 Å². The molecule has 0 saturated carbocycles. The van der Waals surface area contributed by atoms with Crippen molar-refractivity contribution in [3.05, 3.63) is 62.7 Å². The van der Waals surface area contributed by atoms with Gasteiger partial charge in [-0.2, -0.15) is 5.10 Å². The van der Waals surface area contributed by atoms with Crippen LogP contribution in [0.3, 0.4) is 0 Å². The Kier molecular flexibility index (Phi) is 4.13. The fraction of sp³-hybridized carbons (Fsp3) is 0.316. The van der Waals surface area contributed by atoms with Crippen molar-refractivity contribution in [3.8, 4) is 0 Å². The van der Waals surface area contributed by atoms with Gasteiger partial charge < -0.3 is 4.90 Å². The van der Waals surface area contributed by atoms with Gasteiger partial charge in [0.15, 0.2) is 0 Å². The Morgan fingerprint density at radius 2 is 2.04 bits per heavy atom. The monoisotopic (exact) mass is 353 g/mol. The molecule has 1 saturated heterocycles. The van der Waals surface area contributed by atoms with Crippen molar-refractivity contribution in [2.24, 2.45) is 0 Å². The first-order valence-electron chi connectivity index (χ1n) is 8.44. The van der Waals surface area contributed by atoms with Crippen LogP contribution < -0.4 is 5.56 Å². The minimum absolute atomic E-state index is 0.00756. The van der Waals surface area contributed by atoms with Gasteiger partial charge >= 0.3 is 0 Å². The lowest BCUT2D eigenvalue weighted by molar-refractivity contribution is -0.133. The Hall–Kier alpha value is -2.47. The number of hydrogen-bond donors (Lipinski definition) is 0. The first kappa shape index (κ1) is 16.0. The van der Waals surface area contributed by atoms with E-state index in [9.17, 15) is 9.59 Å². The van der Waals surface area contributed by atoms with E-state index >= 15 is 0 Å². The molecule has 1 aliphatic heterocycles. The second-order valence-electron chi connectivity index (χ2n) is 6.35. The number of carbonyl (C=O) groups is 1. The standard InChI is InChI=1S/C19H19N3O2S/c1-13-14-6-2-3-7-15(14)19(24)22(20-13)12-18(23)21-10-4-8-16(21)17-9-5-11-25-17/h2-3,5-7,9,11,16H,4,8,10,12H2,1H3/t16-/m1/s1. The van der Waals surface area contributed by atoms with Crippen molar-refractivity contribution in [2.45, 2.75) is 32.4 Å². The SMILES string of the molecule is Cc1nn(CC(=O)N2CCC[C@@H]2c2cccs2)c(=O)c2ccccc12. The highest BCUT2D eigenvalue weighted by atomic mass is 32.1. The summed E-state index contributed by atoms with van der Waals surface area (Å²) in [5.74, 6) is -0.0415. The summed E-state index contributed by atoms with van der Waals surface area (Å²) in [6, 6.07) is 11.6. The minimum Gasteiger partial charge on any atom is -0.333 e. The van der Waals surface area contributed by atoms with E-state index in [4.69, 9.17) is 0 Å². The second-order valence-corrected chi connectivity index (χ2v) is 7.33. The summed E-state index contributed by atoms with van der Waals surface area (Å²) in [4.78, 5) is 28.6. The minimum atomic E-state index is -0.207. The number of thiophene rings is 1. The zero-order valence-electron chi connectivity index (χ0n) is 14.0. The lowest BCUT2D eigenvalue weighted by Crippen LogP contribution is -2.37. The fourth-order valence-corrected chi connectivity index (χ4v) is 4.45. The largest absolute Gasteiger partial charge is 0.333 e. The molecule has 3 aromatic rings. The molecule has 0 aliphatic carbocycles. The number of hydrogen-bond acceptors (Lipinski definition) is 4. The van der Waals surface area contributed by atoms with E-state index in [1.807, 2.05) is 41.5 Å². The van der Waals surface area contributed by atoms with Crippen LogP contribution >= 0.6 is 11.3 Å². The molecule has 128 valence electrons. The summed E-state index contributed by atoms with van der Waals surface area (Å²) in [7, 11) is 0. The molecule has 1 amide bonds. The first-order valence-corrected chi connectivity index (χ1v) is 9.32. The topological polar surface area (TPSA) is 55.2 Å². The molecule has 6 heteroatoms. The number of amides is 1. The number of nitrogens with zero attached hydrogens (tertiary/aromatic N) is 3. The molecule has 1 aromatic carbocycles. The molecule has 25 heavy (non-hydrogen) atoms. The highest BCUT2D eigenvalue weighted by Gasteiger charge is 2.30. The molecule has 1 atom stereocenters. The van der Waals surface area contributed by atoms with Gasteiger partial charge in [0.2, 0.25) is 5.91 Å².